The molecule has 1 saturated carbocycles. The number of carbonyl (C=O) groups is 1. The van der Waals surface area contributed by atoms with Gasteiger partial charge in [-0.3, -0.25) is 14.2 Å². The molecule has 1 aromatic heterocycles. The van der Waals surface area contributed by atoms with E-state index in [1.807, 2.05) is 29.2 Å². The summed E-state index contributed by atoms with van der Waals surface area (Å²) in [6.07, 6.45) is 5.75. The average Bonchev–Trinajstić information content (AvgIpc) is 2.63. The molecule has 0 N–H and O–H groups in total. The van der Waals surface area contributed by atoms with Crippen LogP contribution in [-0.2, 0) is 16.1 Å². The molecule has 1 aliphatic heterocycles. The molecular formula is C18H21N3O3. The molecule has 2 atom stereocenters. The van der Waals surface area contributed by atoms with Gasteiger partial charge in [-0.05, 0) is 25.0 Å². The minimum absolute atomic E-state index is 0.00588. The Balaban J connectivity index is 1.62. The molecule has 24 heavy (non-hydrogen) atoms. The Morgan fingerprint density at radius 3 is 3.00 bits per heavy atom. The summed E-state index contributed by atoms with van der Waals surface area (Å²) >= 11 is 0. The van der Waals surface area contributed by atoms with Gasteiger partial charge in [-0.25, -0.2) is 4.98 Å². The summed E-state index contributed by atoms with van der Waals surface area (Å²) in [6.45, 7) is 1.25. The van der Waals surface area contributed by atoms with Gasteiger partial charge in [0, 0.05) is 6.54 Å². The smallest absolute Gasteiger partial charge is 0.269 e. The van der Waals surface area contributed by atoms with Gasteiger partial charge in [0.15, 0.2) is 0 Å². The van der Waals surface area contributed by atoms with Crippen LogP contribution in [0.2, 0.25) is 0 Å². The maximum absolute atomic E-state index is 12.9. The number of amides is 1. The molecule has 0 radical (unpaired) electrons. The lowest BCUT2D eigenvalue weighted by molar-refractivity contribution is -0.150. The average molecular weight is 327 g/mol. The minimum Gasteiger partial charge on any atom is -0.374 e. The normalized spacial score (nSPS) is 23.9. The Labute approximate surface area is 140 Å². The van der Waals surface area contributed by atoms with Crippen LogP contribution in [0.5, 0.6) is 0 Å². The van der Waals surface area contributed by atoms with Gasteiger partial charge in [0.2, 0.25) is 5.91 Å². The number of carbonyl (C=O) groups excluding carboxylic acids is 1. The van der Waals surface area contributed by atoms with Crippen molar-refractivity contribution in [2.24, 2.45) is 0 Å². The summed E-state index contributed by atoms with van der Waals surface area (Å²) in [6, 6.07) is 7.57. The molecule has 2 aromatic rings. The number of para-hydroxylation sites is 2. The molecule has 6 nitrogen and oxygen atoms in total. The summed E-state index contributed by atoms with van der Waals surface area (Å²) < 4.78 is 7.36. The minimum atomic E-state index is -0.240. The molecule has 6 heteroatoms. The first-order valence-electron chi connectivity index (χ1n) is 8.60. The molecule has 0 bridgehead atoms. The monoisotopic (exact) mass is 327 g/mol. The highest BCUT2D eigenvalue weighted by molar-refractivity contribution is 5.80. The Hall–Kier alpha value is -2.21. The molecule has 1 aromatic carbocycles. The highest BCUT2D eigenvalue weighted by Gasteiger charge is 2.36. The van der Waals surface area contributed by atoms with E-state index in [2.05, 4.69) is 4.98 Å². The van der Waals surface area contributed by atoms with Crippen molar-refractivity contribution in [2.45, 2.75) is 44.4 Å². The fraction of sp³-hybridized carbons (Fsp3) is 0.500. The zero-order valence-corrected chi connectivity index (χ0v) is 13.6. The number of morpholine rings is 1. The van der Waals surface area contributed by atoms with Gasteiger partial charge in [-0.1, -0.05) is 25.0 Å². The second-order valence-electron chi connectivity index (χ2n) is 6.52. The number of nitrogens with zero attached hydrogens (tertiary/aromatic N) is 3. The van der Waals surface area contributed by atoms with E-state index in [4.69, 9.17) is 4.74 Å². The zero-order valence-electron chi connectivity index (χ0n) is 13.6. The standard InChI is InChI=1S/C18H21N3O3/c22-17-11-19-13-5-1-2-6-14(13)21(17)12-18(23)20-9-10-24-16-8-4-3-7-15(16)20/h1-2,5-6,11,15-16H,3-4,7-10,12H2. The molecule has 1 aliphatic carbocycles. The SMILES string of the molecule is O=C(Cn1c(=O)cnc2ccccc21)N1CCOC2CCCCC21. The number of rotatable bonds is 2. The second-order valence-corrected chi connectivity index (χ2v) is 6.52. The van der Waals surface area contributed by atoms with Crippen molar-refractivity contribution in [1.82, 2.24) is 14.5 Å². The van der Waals surface area contributed by atoms with Crippen LogP contribution in [0.4, 0.5) is 0 Å². The summed E-state index contributed by atoms with van der Waals surface area (Å²) in [5.74, 6) is -0.00588. The second kappa shape index (κ2) is 6.36. The molecule has 126 valence electrons. The number of ether oxygens (including phenoxy) is 1. The number of benzene rings is 1. The third-order valence-electron chi connectivity index (χ3n) is 5.10. The van der Waals surface area contributed by atoms with Gasteiger partial charge >= 0.3 is 0 Å². The maximum atomic E-state index is 12.9. The Bertz CT molecular complexity index is 815. The molecule has 2 aliphatic rings. The summed E-state index contributed by atoms with van der Waals surface area (Å²) in [4.78, 5) is 31.2. The van der Waals surface area contributed by atoms with Crippen molar-refractivity contribution < 1.29 is 9.53 Å². The molecule has 4 rings (SSSR count). The number of hydrogen-bond donors (Lipinski definition) is 0. The van der Waals surface area contributed by atoms with Crippen molar-refractivity contribution in [3.8, 4) is 0 Å². The third-order valence-corrected chi connectivity index (χ3v) is 5.10. The summed E-state index contributed by atoms with van der Waals surface area (Å²) in [5, 5.41) is 0. The fourth-order valence-corrected chi connectivity index (χ4v) is 3.91. The maximum Gasteiger partial charge on any atom is 0.269 e. The topological polar surface area (TPSA) is 64.4 Å². The molecule has 0 spiro atoms. The third kappa shape index (κ3) is 2.71. The van der Waals surface area contributed by atoms with Crippen molar-refractivity contribution in [1.29, 1.82) is 0 Å². The zero-order chi connectivity index (χ0) is 16.5. The van der Waals surface area contributed by atoms with Gasteiger partial charge in [0.25, 0.3) is 5.56 Å². The number of fused-ring (bicyclic) bond motifs is 2. The van der Waals surface area contributed by atoms with Crippen molar-refractivity contribution in [2.75, 3.05) is 13.2 Å². The van der Waals surface area contributed by atoms with Crippen LogP contribution < -0.4 is 5.56 Å². The first-order valence-corrected chi connectivity index (χ1v) is 8.60. The van der Waals surface area contributed by atoms with Crippen molar-refractivity contribution >= 4 is 16.9 Å². The van der Waals surface area contributed by atoms with Crippen LogP contribution in [0.1, 0.15) is 25.7 Å². The number of aromatic nitrogens is 2. The molecule has 2 unspecified atom stereocenters. The van der Waals surface area contributed by atoms with E-state index < -0.39 is 0 Å². The van der Waals surface area contributed by atoms with E-state index >= 15 is 0 Å². The first kappa shape index (κ1) is 15.3. The highest BCUT2D eigenvalue weighted by Crippen LogP contribution is 2.28. The Morgan fingerprint density at radius 2 is 2.08 bits per heavy atom. The van der Waals surface area contributed by atoms with Crippen LogP contribution in [-0.4, -0.2) is 45.7 Å². The van der Waals surface area contributed by atoms with Gasteiger partial charge in [-0.2, -0.15) is 0 Å². The molecule has 1 saturated heterocycles. The largest absolute Gasteiger partial charge is 0.374 e. The number of hydrogen-bond acceptors (Lipinski definition) is 4. The van der Waals surface area contributed by atoms with E-state index in [-0.39, 0.29) is 30.2 Å². The van der Waals surface area contributed by atoms with Gasteiger partial charge in [0.1, 0.15) is 6.54 Å². The molecule has 2 fully saturated rings. The van der Waals surface area contributed by atoms with Crippen LogP contribution in [0.25, 0.3) is 11.0 Å². The molecule has 2 heterocycles. The predicted octanol–water partition coefficient (Wildman–Crippen LogP) is 1.57. The van der Waals surface area contributed by atoms with E-state index in [1.54, 1.807) is 0 Å². The van der Waals surface area contributed by atoms with Crippen LogP contribution in [0.3, 0.4) is 0 Å². The molecular weight excluding hydrogens is 306 g/mol. The van der Waals surface area contributed by atoms with E-state index in [1.165, 1.54) is 10.8 Å². The van der Waals surface area contributed by atoms with Crippen LogP contribution >= 0.6 is 0 Å². The van der Waals surface area contributed by atoms with E-state index in [9.17, 15) is 9.59 Å². The lowest BCUT2D eigenvalue weighted by Crippen LogP contribution is -2.55. The fourth-order valence-electron chi connectivity index (χ4n) is 3.91. The quantitative estimate of drug-likeness (QED) is 0.840. The van der Waals surface area contributed by atoms with Crippen molar-refractivity contribution in [3.05, 3.63) is 40.8 Å². The highest BCUT2D eigenvalue weighted by atomic mass is 16.5. The first-order chi connectivity index (χ1) is 11.7. The Morgan fingerprint density at radius 1 is 1.25 bits per heavy atom. The van der Waals surface area contributed by atoms with Crippen LogP contribution in [0, 0.1) is 0 Å². The van der Waals surface area contributed by atoms with Gasteiger partial charge in [0.05, 0.1) is 36.0 Å². The summed E-state index contributed by atoms with van der Waals surface area (Å²) in [5.41, 5.74) is 1.18. The van der Waals surface area contributed by atoms with Crippen molar-refractivity contribution in [3.63, 3.8) is 0 Å². The van der Waals surface area contributed by atoms with Gasteiger partial charge < -0.3 is 9.64 Å². The van der Waals surface area contributed by atoms with E-state index in [0.29, 0.717) is 18.7 Å². The predicted molar refractivity (Wildman–Crippen MR) is 89.7 cm³/mol. The lowest BCUT2D eigenvalue weighted by atomic mass is 9.90. The Kier molecular flexibility index (Phi) is 4.06. The van der Waals surface area contributed by atoms with E-state index in [0.717, 1.165) is 31.2 Å². The molecule has 1 amide bonds. The lowest BCUT2D eigenvalue weighted by Gasteiger charge is -2.43. The van der Waals surface area contributed by atoms with Gasteiger partial charge in [-0.15, -0.1) is 0 Å². The summed E-state index contributed by atoms with van der Waals surface area (Å²) in [7, 11) is 0. The van der Waals surface area contributed by atoms with Crippen LogP contribution in [0.15, 0.2) is 35.3 Å².